The third-order valence-corrected chi connectivity index (χ3v) is 2.46. The van der Waals surface area contributed by atoms with Gasteiger partial charge in [-0.1, -0.05) is 12.1 Å². The Hall–Kier alpha value is -2.57. The molecule has 0 atom stereocenters. The standard InChI is InChI=1S/C13H9F3N2O2/c14-13(15,16)11-7-8-18(17-11)10-4-1-9(2-5-10)3-6-12(19)20/h1-8H,(H,19,20). The summed E-state index contributed by atoms with van der Waals surface area (Å²) in [5.41, 5.74) is 0.111. The van der Waals surface area contributed by atoms with Crippen molar-refractivity contribution in [2.45, 2.75) is 6.18 Å². The minimum atomic E-state index is -4.48. The normalized spacial score (nSPS) is 11.9. The van der Waals surface area contributed by atoms with E-state index in [9.17, 15) is 18.0 Å². The van der Waals surface area contributed by atoms with Crippen LogP contribution in [-0.4, -0.2) is 20.9 Å². The number of rotatable bonds is 3. The van der Waals surface area contributed by atoms with E-state index in [0.717, 1.165) is 16.8 Å². The Morgan fingerprint density at radius 2 is 1.85 bits per heavy atom. The maximum absolute atomic E-state index is 12.4. The minimum Gasteiger partial charge on any atom is -0.478 e. The van der Waals surface area contributed by atoms with Gasteiger partial charge in [0.25, 0.3) is 0 Å². The molecule has 0 fully saturated rings. The van der Waals surface area contributed by atoms with Gasteiger partial charge in [0, 0.05) is 12.3 Å². The van der Waals surface area contributed by atoms with Gasteiger partial charge in [0.05, 0.1) is 5.69 Å². The van der Waals surface area contributed by atoms with Gasteiger partial charge in [0.15, 0.2) is 5.69 Å². The first kappa shape index (κ1) is 13.9. The summed E-state index contributed by atoms with van der Waals surface area (Å²) in [4.78, 5) is 10.4. The fourth-order valence-electron chi connectivity index (χ4n) is 1.52. The molecule has 0 amide bonds. The number of benzene rings is 1. The highest BCUT2D eigenvalue weighted by Gasteiger charge is 2.33. The molecule has 0 aliphatic carbocycles. The van der Waals surface area contributed by atoms with Crippen molar-refractivity contribution in [2.75, 3.05) is 0 Å². The van der Waals surface area contributed by atoms with Crippen LogP contribution in [0.15, 0.2) is 42.6 Å². The van der Waals surface area contributed by atoms with E-state index in [1.807, 2.05) is 0 Å². The SMILES string of the molecule is O=C(O)C=Cc1ccc(-n2ccc(C(F)(F)F)n2)cc1. The zero-order valence-electron chi connectivity index (χ0n) is 10.0. The second kappa shape index (κ2) is 5.20. The topological polar surface area (TPSA) is 55.1 Å². The Morgan fingerprint density at radius 1 is 1.20 bits per heavy atom. The lowest BCUT2D eigenvalue weighted by molar-refractivity contribution is -0.141. The molecular weight excluding hydrogens is 273 g/mol. The Morgan fingerprint density at radius 3 is 2.35 bits per heavy atom. The van der Waals surface area contributed by atoms with Crippen molar-refractivity contribution in [1.82, 2.24) is 9.78 Å². The Balaban J connectivity index is 2.22. The number of aromatic nitrogens is 2. The molecule has 4 nitrogen and oxygen atoms in total. The van der Waals surface area contributed by atoms with Crippen molar-refractivity contribution in [2.24, 2.45) is 0 Å². The number of halogens is 3. The van der Waals surface area contributed by atoms with E-state index in [1.54, 1.807) is 24.3 Å². The maximum atomic E-state index is 12.4. The van der Waals surface area contributed by atoms with Crippen LogP contribution >= 0.6 is 0 Å². The van der Waals surface area contributed by atoms with Gasteiger partial charge in [-0.25, -0.2) is 9.48 Å². The molecule has 0 spiro atoms. The highest BCUT2D eigenvalue weighted by Crippen LogP contribution is 2.27. The third kappa shape index (κ3) is 3.25. The predicted molar refractivity (Wildman–Crippen MR) is 65.2 cm³/mol. The van der Waals surface area contributed by atoms with Crippen molar-refractivity contribution >= 4 is 12.0 Å². The number of nitrogens with zero attached hydrogens (tertiary/aromatic N) is 2. The molecule has 0 saturated heterocycles. The Bertz CT molecular complexity index is 642. The first-order valence-corrected chi connectivity index (χ1v) is 5.50. The largest absolute Gasteiger partial charge is 0.478 e. The van der Waals surface area contributed by atoms with Crippen LogP contribution < -0.4 is 0 Å². The fraction of sp³-hybridized carbons (Fsp3) is 0.0769. The van der Waals surface area contributed by atoms with E-state index in [4.69, 9.17) is 5.11 Å². The molecule has 1 heterocycles. The average molecular weight is 282 g/mol. The van der Waals surface area contributed by atoms with Crippen LogP contribution in [0, 0.1) is 0 Å². The van der Waals surface area contributed by atoms with Crippen LogP contribution in [0.3, 0.4) is 0 Å². The van der Waals surface area contributed by atoms with Crippen LogP contribution in [-0.2, 0) is 11.0 Å². The molecule has 0 aliphatic heterocycles. The molecule has 0 aliphatic rings. The van der Waals surface area contributed by atoms with E-state index in [2.05, 4.69) is 5.10 Å². The molecular formula is C13H9F3N2O2. The van der Waals surface area contributed by atoms with Gasteiger partial charge in [-0.3, -0.25) is 0 Å². The molecule has 7 heteroatoms. The Labute approximate surface area is 111 Å². The molecule has 0 unspecified atom stereocenters. The molecule has 2 rings (SSSR count). The van der Waals surface area contributed by atoms with Crippen LogP contribution in [0.4, 0.5) is 13.2 Å². The summed E-state index contributed by atoms with van der Waals surface area (Å²) in [5.74, 6) is -1.07. The highest BCUT2D eigenvalue weighted by molar-refractivity contribution is 5.85. The maximum Gasteiger partial charge on any atom is 0.435 e. The van der Waals surface area contributed by atoms with E-state index in [1.165, 1.54) is 12.3 Å². The first-order valence-electron chi connectivity index (χ1n) is 5.50. The van der Waals surface area contributed by atoms with Crippen molar-refractivity contribution in [3.8, 4) is 5.69 Å². The summed E-state index contributed by atoms with van der Waals surface area (Å²) in [5, 5.41) is 11.9. The lowest BCUT2D eigenvalue weighted by Gasteiger charge is -2.03. The molecule has 1 aromatic carbocycles. The third-order valence-electron chi connectivity index (χ3n) is 2.46. The molecule has 20 heavy (non-hydrogen) atoms. The summed E-state index contributed by atoms with van der Waals surface area (Å²) >= 11 is 0. The van der Waals surface area contributed by atoms with Gasteiger partial charge >= 0.3 is 12.1 Å². The average Bonchev–Trinajstić information content (AvgIpc) is 2.86. The highest BCUT2D eigenvalue weighted by atomic mass is 19.4. The van der Waals surface area contributed by atoms with Gasteiger partial charge in [-0.2, -0.15) is 18.3 Å². The summed E-state index contributed by atoms with van der Waals surface area (Å²) in [6.45, 7) is 0. The molecule has 0 bridgehead atoms. The van der Waals surface area contributed by atoms with E-state index in [0.29, 0.717) is 11.3 Å². The molecule has 104 valence electrons. The second-order valence-electron chi connectivity index (χ2n) is 3.91. The number of hydrogen-bond acceptors (Lipinski definition) is 2. The number of alkyl halides is 3. The molecule has 0 radical (unpaired) electrons. The number of carboxylic acids is 1. The molecule has 1 N–H and O–H groups in total. The first-order chi connectivity index (χ1) is 9.36. The summed E-state index contributed by atoms with van der Waals surface area (Å²) in [6, 6.07) is 7.16. The second-order valence-corrected chi connectivity index (χ2v) is 3.91. The van der Waals surface area contributed by atoms with Crippen LogP contribution in [0.2, 0.25) is 0 Å². The molecule has 2 aromatic rings. The van der Waals surface area contributed by atoms with Gasteiger partial charge < -0.3 is 5.11 Å². The molecule has 1 aromatic heterocycles. The van der Waals surface area contributed by atoms with Gasteiger partial charge in [-0.15, -0.1) is 0 Å². The fourth-order valence-corrected chi connectivity index (χ4v) is 1.52. The number of aliphatic carboxylic acids is 1. The van der Waals surface area contributed by atoms with Gasteiger partial charge in [-0.05, 0) is 29.8 Å². The van der Waals surface area contributed by atoms with Crippen LogP contribution in [0.5, 0.6) is 0 Å². The zero-order chi connectivity index (χ0) is 14.8. The number of carbonyl (C=O) groups is 1. The number of carboxylic acid groups (broad SMARTS) is 1. The lowest BCUT2D eigenvalue weighted by atomic mass is 10.2. The zero-order valence-corrected chi connectivity index (χ0v) is 10.0. The summed E-state index contributed by atoms with van der Waals surface area (Å²) in [6.07, 6.45) is -0.901. The minimum absolute atomic E-state index is 0.452. The Kier molecular flexibility index (Phi) is 3.60. The smallest absolute Gasteiger partial charge is 0.435 e. The van der Waals surface area contributed by atoms with Crippen LogP contribution in [0.25, 0.3) is 11.8 Å². The number of hydrogen-bond donors (Lipinski definition) is 1. The lowest BCUT2D eigenvalue weighted by Crippen LogP contribution is -2.07. The van der Waals surface area contributed by atoms with Crippen molar-refractivity contribution < 1.29 is 23.1 Å². The van der Waals surface area contributed by atoms with Gasteiger partial charge in [0.1, 0.15) is 0 Å². The summed E-state index contributed by atoms with van der Waals surface area (Å²) in [7, 11) is 0. The molecule has 0 saturated carbocycles. The van der Waals surface area contributed by atoms with E-state index >= 15 is 0 Å². The quantitative estimate of drug-likeness (QED) is 0.880. The van der Waals surface area contributed by atoms with Crippen LogP contribution in [0.1, 0.15) is 11.3 Å². The monoisotopic (exact) mass is 282 g/mol. The van der Waals surface area contributed by atoms with Crippen molar-refractivity contribution in [3.63, 3.8) is 0 Å². The predicted octanol–water partition coefficient (Wildman–Crippen LogP) is 2.99. The van der Waals surface area contributed by atoms with E-state index in [-0.39, 0.29) is 0 Å². The van der Waals surface area contributed by atoms with Crippen molar-refractivity contribution in [3.05, 3.63) is 53.9 Å². The van der Waals surface area contributed by atoms with Gasteiger partial charge in [0.2, 0.25) is 0 Å². The summed E-state index contributed by atoms with van der Waals surface area (Å²) < 4.78 is 38.4. The van der Waals surface area contributed by atoms with Crippen molar-refractivity contribution in [1.29, 1.82) is 0 Å². The van der Waals surface area contributed by atoms with E-state index < -0.39 is 17.8 Å².